The summed E-state index contributed by atoms with van der Waals surface area (Å²) in [4.78, 5) is 7.81. The van der Waals surface area contributed by atoms with Gasteiger partial charge in [-0.1, -0.05) is 6.07 Å². The third-order valence-corrected chi connectivity index (χ3v) is 2.78. The van der Waals surface area contributed by atoms with Gasteiger partial charge in [0.15, 0.2) is 0 Å². The fourth-order valence-corrected chi connectivity index (χ4v) is 1.94. The van der Waals surface area contributed by atoms with E-state index in [0.717, 1.165) is 16.9 Å². The van der Waals surface area contributed by atoms with Crippen LogP contribution < -0.4 is 0 Å². The van der Waals surface area contributed by atoms with Crippen molar-refractivity contribution in [3.63, 3.8) is 0 Å². The lowest BCUT2D eigenvalue weighted by Gasteiger charge is -2.20. The number of benzene rings is 1. The summed E-state index contributed by atoms with van der Waals surface area (Å²) in [7, 11) is 0. The molecular weight excluding hydrogens is 204 g/mol. The van der Waals surface area contributed by atoms with Gasteiger partial charge in [-0.25, -0.2) is 4.98 Å². The summed E-state index contributed by atoms with van der Waals surface area (Å²) in [6, 6.07) is 6.18. The van der Waals surface area contributed by atoms with Crippen molar-refractivity contribution in [1.82, 2.24) is 9.97 Å². The van der Waals surface area contributed by atoms with Crippen LogP contribution >= 0.6 is 0 Å². The Morgan fingerprint density at radius 2 is 2.31 bits per heavy atom. The first kappa shape index (κ1) is 9.81. The normalized spacial score (nSPS) is 21.4. The Hall–Kier alpha value is -1.39. The van der Waals surface area contributed by atoms with Gasteiger partial charge in [-0.2, -0.15) is 0 Å². The van der Waals surface area contributed by atoms with Crippen molar-refractivity contribution < 1.29 is 9.47 Å². The molecule has 1 aliphatic heterocycles. The number of hydrogen-bond donors (Lipinski definition) is 1. The fraction of sp³-hybridized carbons (Fsp3) is 0.417. The van der Waals surface area contributed by atoms with Crippen LogP contribution in [0.1, 0.15) is 17.5 Å². The number of aryl methyl sites for hydroxylation is 1. The Labute approximate surface area is 93.6 Å². The number of rotatable bonds is 1. The number of aromatic amines is 1. The van der Waals surface area contributed by atoms with Crippen LogP contribution in [0.5, 0.6) is 0 Å². The van der Waals surface area contributed by atoms with Gasteiger partial charge in [0.2, 0.25) is 0 Å². The van der Waals surface area contributed by atoms with Crippen molar-refractivity contribution in [2.45, 2.75) is 13.0 Å². The summed E-state index contributed by atoms with van der Waals surface area (Å²) >= 11 is 0. The zero-order valence-corrected chi connectivity index (χ0v) is 9.19. The van der Waals surface area contributed by atoms with Crippen LogP contribution in [0.4, 0.5) is 0 Å². The van der Waals surface area contributed by atoms with Gasteiger partial charge in [-0.3, -0.25) is 0 Å². The largest absolute Gasteiger partial charge is 0.376 e. The van der Waals surface area contributed by atoms with Gasteiger partial charge in [-0.15, -0.1) is 0 Å². The Balaban J connectivity index is 1.97. The molecule has 0 bridgehead atoms. The average molecular weight is 218 g/mol. The SMILES string of the molecule is Cc1ccc2nc(C3COCCO3)[nH]c2c1. The van der Waals surface area contributed by atoms with Crippen LogP contribution in [0.2, 0.25) is 0 Å². The second-order valence-corrected chi connectivity index (χ2v) is 4.08. The molecule has 0 radical (unpaired) electrons. The van der Waals surface area contributed by atoms with Gasteiger partial charge in [0.1, 0.15) is 11.9 Å². The number of nitrogens with one attached hydrogen (secondary N) is 1. The number of fused-ring (bicyclic) bond motifs is 1. The first-order valence-corrected chi connectivity index (χ1v) is 5.48. The maximum atomic E-state index is 5.61. The minimum atomic E-state index is -0.0542. The summed E-state index contributed by atoms with van der Waals surface area (Å²) in [6.45, 7) is 3.97. The Morgan fingerprint density at radius 1 is 1.38 bits per heavy atom. The topological polar surface area (TPSA) is 47.1 Å². The van der Waals surface area contributed by atoms with Gasteiger partial charge in [0.25, 0.3) is 0 Å². The third-order valence-electron chi connectivity index (χ3n) is 2.78. The quantitative estimate of drug-likeness (QED) is 0.796. The zero-order valence-electron chi connectivity index (χ0n) is 9.19. The molecule has 2 aromatic rings. The molecule has 1 aromatic carbocycles. The molecular formula is C12H14N2O2. The molecule has 84 valence electrons. The van der Waals surface area contributed by atoms with Gasteiger partial charge in [0, 0.05) is 0 Å². The van der Waals surface area contributed by atoms with Gasteiger partial charge >= 0.3 is 0 Å². The molecule has 4 heteroatoms. The molecule has 0 amide bonds. The van der Waals surface area contributed by atoms with Crippen molar-refractivity contribution in [3.8, 4) is 0 Å². The van der Waals surface area contributed by atoms with Crippen LogP contribution in [0.25, 0.3) is 11.0 Å². The average Bonchev–Trinajstić information content (AvgIpc) is 2.73. The number of H-pyrrole nitrogens is 1. The predicted molar refractivity (Wildman–Crippen MR) is 60.3 cm³/mol. The first-order chi connectivity index (χ1) is 7.83. The van der Waals surface area contributed by atoms with E-state index in [9.17, 15) is 0 Å². The fourth-order valence-electron chi connectivity index (χ4n) is 1.94. The smallest absolute Gasteiger partial charge is 0.138 e. The maximum absolute atomic E-state index is 5.61. The Bertz CT molecular complexity index is 501. The van der Waals surface area contributed by atoms with E-state index in [0.29, 0.717) is 19.8 Å². The summed E-state index contributed by atoms with van der Waals surface area (Å²) in [5, 5.41) is 0. The summed E-state index contributed by atoms with van der Waals surface area (Å²) in [5.41, 5.74) is 3.27. The predicted octanol–water partition coefficient (Wildman–Crippen LogP) is 1.96. The molecule has 1 saturated heterocycles. The van der Waals surface area contributed by atoms with Gasteiger partial charge < -0.3 is 14.5 Å². The highest BCUT2D eigenvalue weighted by molar-refractivity contribution is 5.75. The molecule has 1 aliphatic rings. The first-order valence-electron chi connectivity index (χ1n) is 5.48. The molecule has 2 heterocycles. The number of ether oxygens (including phenoxy) is 2. The molecule has 16 heavy (non-hydrogen) atoms. The number of hydrogen-bond acceptors (Lipinski definition) is 3. The van der Waals surface area contributed by atoms with Crippen LogP contribution in [0.3, 0.4) is 0 Å². The Morgan fingerprint density at radius 3 is 3.12 bits per heavy atom. The van der Waals surface area contributed by atoms with Crippen molar-refractivity contribution in [2.75, 3.05) is 19.8 Å². The highest BCUT2D eigenvalue weighted by Crippen LogP contribution is 2.21. The maximum Gasteiger partial charge on any atom is 0.138 e. The van der Waals surface area contributed by atoms with E-state index in [1.165, 1.54) is 5.56 Å². The van der Waals surface area contributed by atoms with E-state index in [-0.39, 0.29) is 6.10 Å². The second-order valence-electron chi connectivity index (χ2n) is 4.08. The van der Waals surface area contributed by atoms with Crippen LogP contribution in [-0.4, -0.2) is 29.8 Å². The minimum Gasteiger partial charge on any atom is -0.376 e. The molecule has 1 aromatic heterocycles. The van der Waals surface area contributed by atoms with Crippen molar-refractivity contribution in [1.29, 1.82) is 0 Å². The summed E-state index contributed by atoms with van der Waals surface area (Å²) in [5.74, 6) is 0.861. The highest BCUT2D eigenvalue weighted by Gasteiger charge is 2.19. The Kier molecular flexibility index (Phi) is 2.38. The molecule has 4 nitrogen and oxygen atoms in total. The lowest BCUT2D eigenvalue weighted by atomic mass is 10.2. The van der Waals surface area contributed by atoms with Crippen LogP contribution in [0.15, 0.2) is 18.2 Å². The molecule has 0 aliphatic carbocycles. The van der Waals surface area contributed by atoms with Gasteiger partial charge in [-0.05, 0) is 24.6 Å². The van der Waals surface area contributed by atoms with Gasteiger partial charge in [0.05, 0.1) is 30.9 Å². The molecule has 1 unspecified atom stereocenters. The van der Waals surface area contributed by atoms with Crippen molar-refractivity contribution in [3.05, 3.63) is 29.6 Å². The minimum absolute atomic E-state index is 0.0542. The molecule has 3 rings (SSSR count). The lowest BCUT2D eigenvalue weighted by Crippen LogP contribution is -2.22. The molecule has 0 spiro atoms. The van der Waals surface area contributed by atoms with Crippen molar-refractivity contribution in [2.24, 2.45) is 0 Å². The third kappa shape index (κ3) is 1.70. The molecule has 0 saturated carbocycles. The lowest BCUT2D eigenvalue weighted by molar-refractivity contribution is -0.0931. The van der Waals surface area contributed by atoms with E-state index >= 15 is 0 Å². The van der Waals surface area contributed by atoms with E-state index in [1.807, 2.05) is 6.07 Å². The number of nitrogens with zero attached hydrogens (tertiary/aromatic N) is 1. The number of aromatic nitrogens is 2. The highest BCUT2D eigenvalue weighted by atomic mass is 16.6. The van der Waals surface area contributed by atoms with Crippen molar-refractivity contribution >= 4 is 11.0 Å². The van der Waals surface area contributed by atoms with E-state index < -0.39 is 0 Å². The molecule has 1 atom stereocenters. The monoisotopic (exact) mass is 218 g/mol. The molecule has 1 N–H and O–H groups in total. The van der Waals surface area contributed by atoms with Crippen LogP contribution in [0, 0.1) is 6.92 Å². The second kappa shape index (κ2) is 3.88. The summed E-state index contributed by atoms with van der Waals surface area (Å²) < 4.78 is 11.0. The van der Waals surface area contributed by atoms with E-state index in [1.54, 1.807) is 0 Å². The zero-order chi connectivity index (χ0) is 11.0. The molecule has 1 fully saturated rings. The standard InChI is InChI=1S/C12H14N2O2/c1-8-2-3-9-10(6-8)14-12(13-9)11-7-15-4-5-16-11/h2-3,6,11H,4-5,7H2,1H3,(H,13,14). The van der Waals surface area contributed by atoms with E-state index in [4.69, 9.17) is 9.47 Å². The summed E-state index contributed by atoms with van der Waals surface area (Å²) in [6.07, 6.45) is -0.0542. The number of imidazole rings is 1. The van der Waals surface area contributed by atoms with E-state index in [2.05, 4.69) is 29.0 Å². The van der Waals surface area contributed by atoms with Crippen LogP contribution in [-0.2, 0) is 9.47 Å².